The Morgan fingerprint density at radius 2 is 2.00 bits per heavy atom. The molecule has 0 amide bonds. The number of carboxylic acids is 1. The lowest BCUT2D eigenvalue weighted by Gasteiger charge is -2.13. The molecule has 2 aromatic heterocycles. The van der Waals surface area contributed by atoms with Crippen molar-refractivity contribution in [3.63, 3.8) is 0 Å². The van der Waals surface area contributed by atoms with Gasteiger partial charge < -0.3 is 20.7 Å². The fourth-order valence-corrected chi connectivity index (χ4v) is 3.37. The van der Waals surface area contributed by atoms with E-state index in [0.717, 1.165) is 18.4 Å². The van der Waals surface area contributed by atoms with Gasteiger partial charge >= 0.3 is 5.97 Å². The molecule has 0 bridgehead atoms. The summed E-state index contributed by atoms with van der Waals surface area (Å²) in [6.45, 7) is 3.03. The van der Waals surface area contributed by atoms with Crippen LogP contribution in [0.2, 0.25) is 0 Å². The van der Waals surface area contributed by atoms with Gasteiger partial charge in [0.15, 0.2) is 0 Å². The lowest BCUT2D eigenvalue weighted by Crippen LogP contribution is -2.23. The lowest BCUT2D eigenvalue weighted by atomic mass is 10.1. The minimum absolute atomic E-state index is 0.0913. The van der Waals surface area contributed by atoms with Gasteiger partial charge in [-0.2, -0.15) is 4.98 Å². The van der Waals surface area contributed by atoms with Gasteiger partial charge in [0, 0.05) is 12.7 Å². The Bertz CT molecular complexity index is 1080. The summed E-state index contributed by atoms with van der Waals surface area (Å²) in [7, 11) is 0. The Morgan fingerprint density at radius 1 is 1.29 bits per heavy atom. The number of aromatic carboxylic acids is 1. The van der Waals surface area contributed by atoms with Crippen molar-refractivity contribution in [2.75, 3.05) is 17.6 Å². The van der Waals surface area contributed by atoms with Crippen molar-refractivity contribution >= 4 is 44.6 Å². The zero-order chi connectivity index (χ0) is 20.3. The van der Waals surface area contributed by atoms with E-state index in [0.29, 0.717) is 27.7 Å². The third kappa shape index (κ3) is 4.14. The van der Waals surface area contributed by atoms with Crippen molar-refractivity contribution in [1.29, 1.82) is 0 Å². The van der Waals surface area contributed by atoms with Crippen LogP contribution < -0.4 is 16.6 Å². The Hall–Kier alpha value is -2.94. The fraction of sp³-hybridized carbons (Fsp3) is 0.263. The maximum atomic E-state index is 13.1. The number of hydrogen-bond acceptors (Lipinski definition) is 6. The van der Waals surface area contributed by atoms with Gasteiger partial charge in [-0.25, -0.2) is 9.78 Å². The van der Waals surface area contributed by atoms with E-state index in [1.807, 2.05) is 0 Å². The van der Waals surface area contributed by atoms with Crippen molar-refractivity contribution in [3.8, 4) is 0 Å². The largest absolute Gasteiger partial charge is 0.478 e. The summed E-state index contributed by atoms with van der Waals surface area (Å²) in [6, 6.07) is 6.41. The highest BCUT2D eigenvalue weighted by Crippen LogP contribution is 2.25. The third-order valence-corrected chi connectivity index (χ3v) is 4.85. The van der Waals surface area contributed by atoms with Crippen LogP contribution in [0.4, 0.5) is 11.8 Å². The molecule has 3 rings (SSSR count). The first-order valence-corrected chi connectivity index (χ1v) is 9.62. The molecular formula is C19H20BrN5O3. The number of carboxylic acid groups (broad SMARTS) is 1. The molecule has 0 aliphatic carbocycles. The molecule has 0 saturated heterocycles. The summed E-state index contributed by atoms with van der Waals surface area (Å²) in [5.41, 5.74) is 7.01. The van der Waals surface area contributed by atoms with Crippen molar-refractivity contribution in [1.82, 2.24) is 14.5 Å². The Labute approximate surface area is 169 Å². The highest BCUT2D eigenvalue weighted by molar-refractivity contribution is 9.10. The molecule has 2 heterocycles. The molecular weight excluding hydrogens is 426 g/mol. The number of nitrogens with two attached hydrogens (primary N) is 1. The summed E-state index contributed by atoms with van der Waals surface area (Å²) in [5, 5.41) is 12.6. The number of anilines is 2. The number of rotatable bonds is 7. The number of halogens is 1. The number of nitrogens with zero attached hydrogens (tertiary/aromatic N) is 3. The fourth-order valence-electron chi connectivity index (χ4n) is 2.83. The van der Waals surface area contributed by atoms with Crippen LogP contribution in [-0.2, 0) is 6.54 Å². The Balaban J connectivity index is 2.05. The van der Waals surface area contributed by atoms with E-state index in [2.05, 4.69) is 38.1 Å². The van der Waals surface area contributed by atoms with Crippen molar-refractivity contribution < 1.29 is 9.90 Å². The van der Waals surface area contributed by atoms with Gasteiger partial charge in [0.05, 0.1) is 22.1 Å². The first kappa shape index (κ1) is 19.8. The zero-order valence-corrected chi connectivity index (χ0v) is 16.9. The van der Waals surface area contributed by atoms with Crippen LogP contribution in [0.5, 0.6) is 0 Å². The van der Waals surface area contributed by atoms with Gasteiger partial charge in [-0.15, -0.1) is 0 Å². The molecule has 0 saturated carbocycles. The number of pyridine rings is 1. The van der Waals surface area contributed by atoms with Gasteiger partial charge in [0.2, 0.25) is 5.95 Å². The number of unbranched alkanes of at least 4 members (excludes halogenated alkanes) is 1. The smallest absolute Gasteiger partial charge is 0.335 e. The molecule has 28 heavy (non-hydrogen) atoms. The first-order valence-electron chi connectivity index (χ1n) is 8.83. The number of nitrogen functional groups attached to an aromatic ring is 1. The van der Waals surface area contributed by atoms with Crippen LogP contribution in [0.1, 0.15) is 35.7 Å². The summed E-state index contributed by atoms with van der Waals surface area (Å²) in [6.07, 6.45) is 3.59. The summed E-state index contributed by atoms with van der Waals surface area (Å²) >= 11 is 3.47. The van der Waals surface area contributed by atoms with Gasteiger partial charge in [0.1, 0.15) is 11.2 Å². The number of benzene rings is 1. The summed E-state index contributed by atoms with van der Waals surface area (Å²) < 4.78 is 2.16. The lowest BCUT2D eigenvalue weighted by molar-refractivity contribution is 0.0697. The SMILES string of the molecule is CCCCNc1nc(N)nc2c(Br)cn(Cc3ccc(C(=O)O)cc3)c(=O)c12. The topological polar surface area (TPSA) is 123 Å². The first-order chi connectivity index (χ1) is 13.4. The van der Waals surface area contributed by atoms with Crippen LogP contribution in [-0.4, -0.2) is 32.2 Å². The minimum Gasteiger partial charge on any atom is -0.478 e. The molecule has 0 aliphatic rings. The van der Waals surface area contributed by atoms with Crippen molar-refractivity contribution in [3.05, 3.63) is 56.4 Å². The monoisotopic (exact) mass is 445 g/mol. The number of fused-ring (bicyclic) bond motifs is 1. The van der Waals surface area contributed by atoms with E-state index in [1.165, 1.54) is 16.7 Å². The molecule has 4 N–H and O–H groups in total. The van der Waals surface area contributed by atoms with E-state index in [9.17, 15) is 9.59 Å². The van der Waals surface area contributed by atoms with E-state index in [1.54, 1.807) is 18.3 Å². The summed E-state index contributed by atoms with van der Waals surface area (Å²) in [5.74, 6) is -0.486. The standard InChI is InChI=1S/C19H20BrN5O3/c1-2-3-8-22-16-14-15(23-19(21)24-16)13(20)10-25(17(14)26)9-11-4-6-12(7-5-11)18(27)28/h4-7,10H,2-3,8-9H2,1H3,(H,27,28)(H3,21,22,23,24). The zero-order valence-electron chi connectivity index (χ0n) is 15.3. The van der Waals surface area contributed by atoms with E-state index >= 15 is 0 Å². The highest BCUT2D eigenvalue weighted by atomic mass is 79.9. The quantitative estimate of drug-likeness (QED) is 0.477. The second-order valence-corrected chi connectivity index (χ2v) is 7.20. The van der Waals surface area contributed by atoms with Crippen LogP contribution in [0.15, 0.2) is 39.7 Å². The summed E-state index contributed by atoms with van der Waals surface area (Å²) in [4.78, 5) is 32.5. The molecule has 9 heteroatoms. The number of hydrogen-bond donors (Lipinski definition) is 3. The van der Waals surface area contributed by atoms with E-state index in [-0.39, 0.29) is 23.6 Å². The average Bonchev–Trinajstić information content (AvgIpc) is 2.66. The average molecular weight is 446 g/mol. The molecule has 0 atom stereocenters. The number of nitrogens with one attached hydrogen (secondary N) is 1. The van der Waals surface area contributed by atoms with E-state index in [4.69, 9.17) is 10.8 Å². The van der Waals surface area contributed by atoms with Gasteiger partial charge in [0.25, 0.3) is 5.56 Å². The van der Waals surface area contributed by atoms with Crippen LogP contribution in [0, 0.1) is 0 Å². The van der Waals surface area contributed by atoms with Crippen LogP contribution >= 0.6 is 15.9 Å². The molecule has 3 aromatic rings. The second-order valence-electron chi connectivity index (χ2n) is 6.35. The molecule has 0 spiro atoms. The molecule has 146 valence electrons. The number of aromatic nitrogens is 3. The predicted molar refractivity (Wildman–Crippen MR) is 112 cm³/mol. The highest BCUT2D eigenvalue weighted by Gasteiger charge is 2.16. The van der Waals surface area contributed by atoms with Crippen molar-refractivity contribution in [2.45, 2.75) is 26.3 Å². The molecule has 1 aromatic carbocycles. The normalized spacial score (nSPS) is 10.9. The molecule has 0 fully saturated rings. The second kappa shape index (κ2) is 8.39. The van der Waals surface area contributed by atoms with Gasteiger partial charge in [-0.1, -0.05) is 25.5 Å². The molecule has 0 aliphatic heterocycles. The van der Waals surface area contributed by atoms with Crippen molar-refractivity contribution in [2.24, 2.45) is 0 Å². The predicted octanol–water partition coefficient (Wildman–Crippen LogP) is 3.09. The van der Waals surface area contributed by atoms with Gasteiger partial charge in [-0.05, 0) is 40.0 Å². The maximum Gasteiger partial charge on any atom is 0.335 e. The van der Waals surface area contributed by atoms with Gasteiger partial charge in [-0.3, -0.25) is 4.79 Å². The minimum atomic E-state index is -0.991. The molecule has 0 radical (unpaired) electrons. The molecule has 8 nitrogen and oxygen atoms in total. The Morgan fingerprint density at radius 3 is 2.64 bits per heavy atom. The van der Waals surface area contributed by atoms with Crippen LogP contribution in [0.3, 0.4) is 0 Å². The Kier molecular flexibility index (Phi) is 5.93. The maximum absolute atomic E-state index is 13.1. The third-order valence-electron chi connectivity index (χ3n) is 4.27. The van der Waals surface area contributed by atoms with Crippen LogP contribution in [0.25, 0.3) is 10.9 Å². The number of carbonyl (C=O) groups is 1. The molecule has 0 unspecified atom stereocenters. The van der Waals surface area contributed by atoms with E-state index < -0.39 is 5.97 Å².